The van der Waals surface area contributed by atoms with E-state index in [1.54, 1.807) is 4.57 Å². The second-order valence-electron chi connectivity index (χ2n) is 7.09. The van der Waals surface area contributed by atoms with Gasteiger partial charge >= 0.3 is 5.97 Å². The molecule has 1 aromatic carbocycles. The number of aromatic carboxylic acids is 1. The number of carboxylic acids is 1. The van der Waals surface area contributed by atoms with Crippen molar-refractivity contribution in [3.63, 3.8) is 0 Å². The zero-order chi connectivity index (χ0) is 19.5. The number of carbonyl (C=O) groups is 1. The summed E-state index contributed by atoms with van der Waals surface area (Å²) in [5, 5.41) is 9.14. The van der Waals surface area contributed by atoms with Gasteiger partial charge in [-0.05, 0) is 13.0 Å². The number of pyridine rings is 1. The van der Waals surface area contributed by atoms with E-state index in [-0.39, 0.29) is 46.3 Å². The Hall–Kier alpha value is -2.32. The lowest BCUT2D eigenvalue weighted by atomic mass is 9.94. The number of aromatic nitrogens is 1. The molecule has 3 heterocycles. The van der Waals surface area contributed by atoms with Crippen LogP contribution in [0.15, 0.2) is 17.1 Å². The molecule has 0 saturated carbocycles. The van der Waals surface area contributed by atoms with Crippen molar-refractivity contribution < 1.29 is 19.0 Å². The summed E-state index contributed by atoms with van der Waals surface area (Å²) in [4.78, 5) is 25.8. The summed E-state index contributed by atoms with van der Waals surface area (Å²) in [6.45, 7) is 3.52. The van der Waals surface area contributed by atoms with Gasteiger partial charge in [0.2, 0.25) is 5.43 Å². The molecule has 27 heavy (non-hydrogen) atoms. The molecule has 2 aliphatic rings. The smallest absolute Gasteiger partial charge is 0.341 e. The first-order chi connectivity index (χ1) is 12.8. The number of carboxylic acid groups (broad SMARTS) is 1. The van der Waals surface area contributed by atoms with Crippen LogP contribution in [0.5, 0.6) is 5.75 Å². The Bertz CT molecular complexity index is 1000. The Morgan fingerprint density at radius 1 is 1.52 bits per heavy atom. The van der Waals surface area contributed by atoms with Crippen molar-refractivity contribution in [1.29, 1.82) is 0 Å². The molecule has 7 nitrogen and oxygen atoms in total. The van der Waals surface area contributed by atoms with Crippen molar-refractivity contribution in [2.45, 2.75) is 18.3 Å². The van der Waals surface area contributed by atoms with Crippen LogP contribution in [0.2, 0.25) is 0 Å². The molecule has 0 spiro atoms. The average molecular weight is 396 g/mol. The number of rotatable bonds is 4. The molecule has 1 saturated heterocycles. The summed E-state index contributed by atoms with van der Waals surface area (Å²) in [7, 11) is 0. The lowest BCUT2D eigenvalue weighted by Gasteiger charge is -2.44. The van der Waals surface area contributed by atoms with Gasteiger partial charge in [-0.25, -0.2) is 9.18 Å². The maximum absolute atomic E-state index is 14.9. The molecule has 9 heteroatoms. The molecule has 3 N–H and O–H groups in total. The third-order valence-corrected chi connectivity index (χ3v) is 5.87. The Morgan fingerprint density at radius 2 is 2.22 bits per heavy atom. The standard InChI is InChI=1S/C18H19ClFN3O4/c1-8-7-27-17-14-10(16(24)11(18(25)26)6-23(8)14)2-13(20)15(17)22-4-9(5-22)12(19)3-21/h2,6,8-9,12H,3-5,7,21H2,1H3,(H,25,26)/t8-,12?/m0/s1. The van der Waals surface area contributed by atoms with Gasteiger partial charge in [0.05, 0.1) is 22.3 Å². The third-order valence-electron chi connectivity index (χ3n) is 5.34. The molecule has 4 rings (SSSR count). The van der Waals surface area contributed by atoms with Crippen LogP contribution in [0, 0.1) is 11.7 Å². The zero-order valence-electron chi connectivity index (χ0n) is 14.6. The van der Waals surface area contributed by atoms with Crippen molar-refractivity contribution >= 4 is 34.2 Å². The average Bonchev–Trinajstić information content (AvgIpc) is 2.59. The molecule has 2 aromatic rings. The predicted molar refractivity (Wildman–Crippen MR) is 99.7 cm³/mol. The zero-order valence-corrected chi connectivity index (χ0v) is 15.4. The van der Waals surface area contributed by atoms with Gasteiger partial charge in [-0.2, -0.15) is 0 Å². The lowest BCUT2D eigenvalue weighted by molar-refractivity contribution is 0.0694. The number of alkyl halides is 1. The molecular formula is C18H19ClFN3O4. The summed E-state index contributed by atoms with van der Waals surface area (Å²) in [5.74, 6) is -1.53. The monoisotopic (exact) mass is 395 g/mol. The molecule has 1 aromatic heterocycles. The van der Waals surface area contributed by atoms with Crippen LogP contribution < -0.4 is 20.8 Å². The second kappa shape index (κ2) is 6.38. The largest absolute Gasteiger partial charge is 0.487 e. The van der Waals surface area contributed by atoms with Crippen molar-refractivity contribution in [3.05, 3.63) is 33.9 Å². The number of nitrogens with zero attached hydrogens (tertiary/aromatic N) is 2. The normalized spacial score (nSPS) is 20.3. The van der Waals surface area contributed by atoms with E-state index in [1.165, 1.54) is 6.20 Å². The highest BCUT2D eigenvalue weighted by atomic mass is 35.5. The number of ether oxygens (including phenoxy) is 1. The Balaban J connectivity index is 1.90. The molecule has 144 valence electrons. The van der Waals surface area contributed by atoms with E-state index in [4.69, 9.17) is 22.1 Å². The number of halogens is 2. The number of hydrogen-bond donors (Lipinski definition) is 2. The van der Waals surface area contributed by atoms with Crippen molar-refractivity contribution in [3.8, 4) is 5.75 Å². The first-order valence-electron chi connectivity index (χ1n) is 8.70. The van der Waals surface area contributed by atoms with Gasteiger partial charge in [-0.15, -0.1) is 11.6 Å². The topological polar surface area (TPSA) is 97.8 Å². The fraction of sp³-hybridized carbons (Fsp3) is 0.444. The van der Waals surface area contributed by atoms with Crippen LogP contribution in [0.25, 0.3) is 10.9 Å². The lowest BCUT2D eigenvalue weighted by Crippen LogP contribution is -2.52. The van der Waals surface area contributed by atoms with E-state index in [0.29, 0.717) is 25.2 Å². The van der Waals surface area contributed by atoms with Gasteiger partial charge < -0.3 is 25.0 Å². The maximum atomic E-state index is 14.9. The number of anilines is 1. The predicted octanol–water partition coefficient (Wildman–Crippen LogP) is 1.79. The van der Waals surface area contributed by atoms with Crippen molar-refractivity contribution in [1.82, 2.24) is 4.57 Å². The minimum Gasteiger partial charge on any atom is -0.487 e. The molecule has 1 fully saturated rings. The van der Waals surface area contributed by atoms with Crippen LogP contribution in [-0.4, -0.2) is 47.3 Å². The highest BCUT2D eigenvalue weighted by Gasteiger charge is 2.37. The van der Waals surface area contributed by atoms with Crippen LogP contribution in [0.4, 0.5) is 10.1 Å². The number of nitrogens with two attached hydrogens (primary N) is 1. The number of benzene rings is 1. The van der Waals surface area contributed by atoms with Crippen LogP contribution in [-0.2, 0) is 0 Å². The molecule has 2 aliphatic heterocycles. The van der Waals surface area contributed by atoms with Gasteiger partial charge in [0.25, 0.3) is 0 Å². The van der Waals surface area contributed by atoms with E-state index in [2.05, 4.69) is 0 Å². The molecule has 0 amide bonds. The van der Waals surface area contributed by atoms with Gasteiger partial charge in [0, 0.05) is 31.7 Å². The van der Waals surface area contributed by atoms with Crippen molar-refractivity contribution in [2.24, 2.45) is 11.7 Å². The summed E-state index contributed by atoms with van der Waals surface area (Å²) in [5.41, 5.74) is 5.19. The second-order valence-corrected chi connectivity index (χ2v) is 7.65. The van der Waals surface area contributed by atoms with E-state index < -0.39 is 17.2 Å². The molecule has 0 radical (unpaired) electrons. The first kappa shape index (κ1) is 18.1. The van der Waals surface area contributed by atoms with E-state index >= 15 is 0 Å². The van der Waals surface area contributed by atoms with Crippen LogP contribution in [0.1, 0.15) is 23.3 Å². The van der Waals surface area contributed by atoms with Gasteiger partial charge in [-0.1, -0.05) is 0 Å². The molecule has 1 unspecified atom stereocenters. The quantitative estimate of drug-likeness (QED) is 0.766. The van der Waals surface area contributed by atoms with Gasteiger partial charge in [0.1, 0.15) is 17.9 Å². The number of hydrogen-bond acceptors (Lipinski definition) is 5. The molecular weight excluding hydrogens is 377 g/mol. The highest BCUT2D eigenvalue weighted by molar-refractivity contribution is 6.21. The van der Waals surface area contributed by atoms with Gasteiger partial charge in [-0.3, -0.25) is 4.79 Å². The Labute approximate surface area is 159 Å². The third kappa shape index (κ3) is 2.66. The van der Waals surface area contributed by atoms with Crippen LogP contribution in [0.3, 0.4) is 0 Å². The summed E-state index contributed by atoms with van der Waals surface area (Å²) in [6, 6.07) is 0.917. The SMILES string of the molecule is C[C@H]1COc2c(N3CC(C(Cl)CN)C3)c(F)cc3c(=O)c(C(=O)O)cn1c23. The maximum Gasteiger partial charge on any atom is 0.341 e. The summed E-state index contributed by atoms with van der Waals surface area (Å²) >= 11 is 6.17. The van der Waals surface area contributed by atoms with E-state index in [0.717, 1.165) is 6.07 Å². The minimum absolute atomic E-state index is 0.00644. The minimum atomic E-state index is -1.34. The Kier molecular flexibility index (Phi) is 4.27. The van der Waals surface area contributed by atoms with E-state index in [1.807, 2.05) is 11.8 Å². The first-order valence-corrected chi connectivity index (χ1v) is 9.13. The summed E-state index contributed by atoms with van der Waals surface area (Å²) < 4.78 is 22.4. The van der Waals surface area contributed by atoms with Gasteiger partial charge in [0.15, 0.2) is 11.6 Å². The molecule has 0 aliphatic carbocycles. The van der Waals surface area contributed by atoms with Crippen LogP contribution >= 0.6 is 11.6 Å². The van der Waals surface area contributed by atoms with E-state index in [9.17, 15) is 19.1 Å². The molecule has 2 atom stereocenters. The Morgan fingerprint density at radius 3 is 2.85 bits per heavy atom. The molecule has 0 bridgehead atoms. The fourth-order valence-electron chi connectivity index (χ4n) is 3.78. The fourth-order valence-corrected chi connectivity index (χ4v) is 3.93. The summed E-state index contributed by atoms with van der Waals surface area (Å²) in [6.07, 6.45) is 1.31. The van der Waals surface area contributed by atoms with Crippen molar-refractivity contribution in [2.75, 3.05) is 31.1 Å². The highest BCUT2D eigenvalue weighted by Crippen LogP contribution is 2.44.